The van der Waals surface area contributed by atoms with Crippen LogP contribution in [0.3, 0.4) is 0 Å². The number of rotatable bonds is 4. The first-order chi connectivity index (χ1) is 7.79. The number of hydrogen-bond donors (Lipinski definition) is 3. The van der Waals surface area contributed by atoms with Crippen molar-refractivity contribution in [3.8, 4) is 0 Å². The molecule has 1 rings (SSSR count). The van der Waals surface area contributed by atoms with Crippen molar-refractivity contribution in [2.45, 2.75) is 6.92 Å². The second-order valence-electron chi connectivity index (χ2n) is 3.23. The van der Waals surface area contributed by atoms with Crippen LogP contribution in [-0.2, 0) is 11.8 Å². The summed E-state index contributed by atoms with van der Waals surface area (Å²) in [6, 6.07) is 4.32. The van der Waals surface area contributed by atoms with Gasteiger partial charge in [-0.1, -0.05) is 0 Å². The molecule has 0 fully saturated rings. The summed E-state index contributed by atoms with van der Waals surface area (Å²) in [6.07, 6.45) is 1.19. The van der Waals surface area contributed by atoms with Gasteiger partial charge in [0, 0.05) is 17.8 Å². The van der Waals surface area contributed by atoms with Crippen molar-refractivity contribution in [1.29, 1.82) is 0 Å². The lowest BCUT2D eigenvalue weighted by Gasteiger charge is -2.05. The topological polar surface area (TPSA) is 114 Å². The molecule has 1 atom stereocenters. The highest BCUT2D eigenvalue weighted by Crippen LogP contribution is 2.31. The lowest BCUT2D eigenvalue weighted by Crippen LogP contribution is -1.99. The fourth-order valence-electron chi connectivity index (χ4n) is 1.10. The Morgan fingerprint density at radius 2 is 2.35 bits per heavy atom. The molecular formula is C8H11N4O3PS. The zero-order valence-electron chi connectivity index (χ0n) is 8.90. The molecular weight excluding hydrogens is 263 g/mol. The van der Waals surface area contributed by atoms with Crippen LogP contribution in [0.15, 0.2) is 23.0 Å². The predicted molar refractivity (Wildman–Crippen MR) is 70.6 cm³/mol. The fraction of sp³-hybridized carbons (Fsp3) is 0.125. The number of non-ortho nitro benzene ring substituents is 1. The molecule has 1 aromatic rings. The zero-order valence-corrected chi connectivity index (χ0v) is 10.6. The van der Waals surface area contributed by atoms with E-state index in [0.717, 1.165) is 0 Å². The number of benzene rings is 1. The molecule has 0 spiro atoms. The van der Waals surface area contributed by atoms with Crippen molar-refractivity contribution in [3.63, 3.8) is 0 Å². The number of nitrogens with one attached hydrogen (secondary N) is 1. The normalized spacial score (nSPS) is 14.5. The van der Waals surface area contributed by atoms with Crippen LogP contribution in [-0.4, -0.2) is 16.2 Å². The minimum atomic E-state index is -3.11. The second-order valence-corrected chi connectivity index (χ2v) is 6.26. The van der Waals surface area contributed by atoms with Gasteiger partial charge >= 0.3 is 0 Å². The minimum absolute atomic E-state index is 0.0103. The summed E-state index contributed by atoms with van der Waals surface area (Å²) >= 11 is 4.51. The van der Waals surface area contributed by atoms with E-state index in [1.54, 1.807) is 6.92 Å². The van der Waals surface area contributed by atoms with Crippen LogP contribution in [0.2, 0.25) is 0 Å². The molecule has 1 aromatic carbocycles. The average molecular weight is 274 g/mol. The van der Waals surface area contributed by atoms with Crippen LogP contribution >= 0.6 is 6.57 Å². The summed E-state index contributed by atoms with van der Waals surface area (Å²) < 4.78 is 3.54. The molecule has 17 heavy (non-hydrogen) atoms. The molecule has 7 nitrogen and oxygen atoms in total. The van der Waals surface area contributed by atoms with E-state index in [-0.39, 0.29) is 5.69 Å². The van der Waals surface area contributed by atoms with Crippen molar-refractivity contribution in [2.24, 2.45) is 10.3 Å². The Morgan fingerprint density at radius 1 is 1.71 bits per heavy atom. The number of anilines is 1. The number of hydrogen-bond acceptors (Lipinski definition) is 3. The van der Waals surface area contributed by atoms with Crippen LogP contribution in [0, 0.1) is 17.0 Å². The summed E-state index contributed by atoms with van der Waals surface area (Å²) in [4.78, 5) is 19.1. The van der Waals surface area contributed by atoms with Crippen molar-refractivity contribution in [3.05, 3.63) is 33.9 Å². The third kappa shape index (κ3) is 4.58. The van der Waals surface area contributed by atoms with Crippen LogP contribution in [0.4, 0.5) is 11.4 Å². The van der Waals surface area contributed by atoms with Crippen LogP contribution in [0.5, 0.6) is 0 Å². The Morgan fingerprint density at radius 3 is 2.82 bits per heavy atom. The molecule has 0 aliphatic heterocycles. The standard InChI is InChI=1S/C8H11N4O3PS/c1-6-4-7(12(13)14)2-3-8(6)10-5-11-16(9,15)17/h2-5H,1H3,(H4,9,10,11,15,17). The molecule has 0 saturated heterocycles. The highest BCUT2D eigenvalue weighted by molar-refractivity contribution is 8.10. The van der Waals surface area contributed by atoms with Gasteiger partial charge in [-0.25, -0.2) is 4.76 Å². The van der Waals surface area contributed by atoms with Crippen LogP contribution in [0.1, 0.15) is 5.56 Å². The number of nitro benzene ring substituents is 1. The van der Waals surface area contributed by atoms with E-state index < -0.39 is 11.5 Å². The third-order valence-corrected chi connectivity index (χ3v) is 2.59. The van der Waals surface area contributed by atoms with Gasteiger partial charge < -0.3 is 10.2 Å². The highest BCUT2D eigenvalue weighted by atomic mass is 32.4. The Kier molecular flexibility index (Phi) is 4.30. The molecule has 0 aromatic heterocycles. The van der Waals surface area contributed by atoms with Crippen LogP contribution in [0.25, 0.3) is 0 Å². The molecule has 0 bridgehead atoms. The van der Waals surface area contributed by atoms with Gasteiger partial charge in [-0.15, -0.1) is 0 Å². The molecule has 92 valence electrons. The molecule has 1 unspecified atom stereocenters. The Balaban J connectivity index is 2.84. The Bertz CT molecular complexity index is 513. The van der Waals surface area contributed by atoms with E-state index in [4.69, 9.17) is 10.4 Å². The molecule has 0 aliphatic carbocycles. The summed E-state index contributed by atoms with van der Waals surface area (Å²) in [5.41, 5.74) is 6.47. The molecule has 4 N–H and O–H groups in total. The average Bonchev–Trinajstić information content (AvgIpc) is 2.18. The van der Waals surface area contributed by atoms with Crippen molar-refractivity contribution >= 4 is 36.1 Å². The van der Waals surface area contributed by atoms with Gasteiger partial charge in [0.2, 0.25) is 6.57 Å². The predicted octanol–water partition coefficient (Wildman–Crippen LogP) is 1.52. The summed E-state index contributed by atoms with van der Waals surface area (Å²) in [5.74, 6) is 0. The van der Waals surface area contributed by atoms with Crippen molar-refractivity contribution in [1.82, 2.24) is 0 Å². The quantitative estimate of drug-likeness (QED) is 0.252. The summed E-state index contributed by atoms with van der Waals surface area (Å²) in [5, 5.41) is 13.3. The zero-order chi connectivity index (χ0) is 13.1. The monoisotopic (exact) mass is 274 g/mol. The fourth-order valence-corrected chi connectivity index (χ4v) is 1.47. The van der Waals surface area contributed by atoms with Gasteiger partial charge in [0.15, 0.2) is 0 Å². The lowest BCUT2D eigenvalue weighted by molar-refractivity contribution is -0.384. The van der Waals surface area contributed by atoms with E-state index in [1.165, 1.54) is 24.5 Å². The Labute approximate surface area is 103 Å². The maximum Gasteiger partial charge on any atom is 0.269 e. The molecule has 0 saturated carbocycles. The second kappa shape index (κ2) is 5.33. The summed E-state index contributed by atoms with van der Waals surface area (Å²) in [6.45, 7) is -1.40. The molecule has 0 amide bonds. The molecule has 0 radical (unpaired) electrons. The van der Waals surface area contributed by atoms with Gasteiger partial charge in [-0.05, 0) is 30.4 Å². The first kappa shape index (κ1) is 13.7. The molecule has 0 aliphatic rings. The third-order valence-electron chi connectivity index (χ3n) is 1.86. The van der Waals surface area contributed by atoms with Gasteiger partial charge in [0.25, 0.3) is 5.69 Å². The first-order valence-electron chi connectivity index (χ1n) is 4.46. The van der Waals surface area contributed by atoms with E-state index in [9.17, 15) is 10.1 Å². The first-order valence-corrected chi connectivity index (χ1v) is 7.24. The number of nitro groups is 1. The van der Waals surface area contributed by atoms with Gasteiger partial charge in [0.1, 0.15) is 0 Å². The highest BCUT2D eigenvalue weighted by Gasteiger charge is 2.07. The van der Waals surface area contributed by atoms with Gasteiger partial charge in [0.05, 0.1) is 11.3 Å². The maximum atomic E-state index is 10.5. The van der Waals surface area contributed by atoms with E-state index >= 15 is 0 Å². The van der Waals surface area contributed by atoms with Gasteiger partial charge in [-0.2, -0.15) is 0 Å². The Hall–Kier alpha value is -1.34. The minimum Gasteiger partial charge on any atom is -0.346 e. The number of nitrogens with two attached hydrogens (primary N) is 1. The van der Waals surface area contributed by atoms with Gasteiger partial charge in [-0.3, -0.25) is 15.6 Å². The van der Waals surface area contributed by atoms with E-state index in [0.29, 0.717) is 11.3 Å². The molecule has 9 heteroatoms. The number of nitrogens with zero attached hydrogens (tertiary/aromatic N) is 2. The maximum absolute atomic E-state index is 10.5. The van der Waals surface area contributed by atoms with Crippen LogP contribution < -0.4 is 10.8 Å². The molecule has 0 heterocycles. The smallest absolute Gasteiger partial charge is 0.269 e. The largest absolute Gasteiger partial charge is 0.346 e. The lowest BCUT2D eigenvalue weighted by atomic mass is 10.2. The van der Waals surface area contributed by atoms with Crippen molar-refractivity contribution in [2.75, 3.05) is 5.32 Å². The summed E-state index contributed by atoms with van der Waals surface area (Å²) in [7, 11) is 0. The van der Waals surface area contributed by atoms with E-state index in [2.05, 4.69) is 21.9 Å². The van der Waals surface area contributed by atoms with Crippen molar-refractivity contribution < 1.29 is 9.82 Å². The SMILES string of the molecule is Cc1cc([N+](=O)[O-])ccc1N/C=N/P(N)(O)=S. The number of aryl methyl sites for hydroxylation is 1. The van der Waals surface area contributed by atoms with E-state index in [1.807, 2.05) is 0 Å².